The summed E-state index contributed by atoms with van der Waals surface area (Å²) < 4.78 is 1.93. The average Bonchev–Trinajstić information content (AvgIpc) is 2.74. The van der Waals surface area contributed by atoms with Gasteiger partial charge in [-0.1, -0.05) is 18.5 Å². The second-order valence-corrected chi connectivity index (χ2v) is 6.67. The third-order valence-corrected chi connectivity index (χ3v) is 5.04. The molecule has 0 saturated heterocycles. The zero-order valence-corrected chi connectivity index (χ0v) is 14.2. The maximum absolute atomic E-state index is 10.9. The quantitative estimate of drug-likeness (QED) is 0.848. The van der Waals surface area contributed by atoms with Gasteiger partial charge in [0.15, 0.2) is 0 Å². The Hall–Kier alpha value is -0.580. The molecule has 5 heteroatoms. The number of nitrogens with one attached hydrogen (secondary N) is 1. The zero-order valence-electron chi connectivity index (χ0n) is 13.5. The molecule has 0 unspecified atom stereocenters. The maximum atomic E-state index is 10.9. The number of nitrogens with zero attached hydrogens (tertiary/aromatic N) is 2. The summed E-state index contributed by atoms with van der Waals surface area (Å²) in [6, 6.07) is 0.554. The van der Waals surface area contributed by atoms with Crippen LogP contribution in [0, 0.1) is 6.92 Å². The van der Waals surface area contributed by atoms with Crippen LogP contribution in [0.1, 0.15) is 57.3 Å². The van der Waals surface area contributed by atoms with Gasteiger partial charge in [0.25, 0.3) is 0 Å². The third kappa shape index (κ3) is 3.99. The molecule has 0 radical (unpaired) electrons. The van der Waals surface area contributed by atoms with Gasteiger partial charge < -0.3 is 10.4 Å². The van der Waals surface area contributed by atoms with Gasteiger partial charge in [0.05, 0.1) is 22.0 Å². The molecule has 1 heterocycles. The molecule has 2 rings (SSSR count). The minimum atomic E-state index is -0.632. The second-order valence-electron chi connectivity index (χ2n) is 6.29. The predicted octanol–water partition coefficient (Wildman–Crippen LogP) is 3.08. The number of aromatic nitrogens is 2. The van der Waals surface area contributed by atoms with E-state index in [1.807, 2.05) is 11.6 Å². The molecule has 4 nitrogen and oxygen atoms in total. The fraction of sp³-hybridized carbons (Fsp3) is 0.812. The zero-order chi connectivity index (χ0) is 15.5. The highest BCUT2D eigenvalue weighted by molar-refractivity contribution is 6.31. The predicted molar refractivity (Wildman–Crippen MR) is 86.9 cm³/mol. The monoisotopic (exact) mass is 313 g/mol. The van der Waals surface area contributed by atoms with Crippen molar-refractivity contribution in [2.75, 3.05) is 6.54 Å². The van der Waals surface area contributed by atoms with Crippen LogP contribution in [0.15, 0.2) is 0 Å². The van der Waals surface area contributed by atoms with E-state index in [0.717, 1.165) is 61.6 Å². The lowest BCUT2D eigenvalue weighted by Crippen LogP contribution is -2.43. The molecule has 0 aromatic carbocycles. The molecular formula is C16H28ClN3O. The topological polar surface area (TPSA) is 50.1 Å². The minimum absolute atomic E-state index is 0.554. The van der Waals surface area contributed by atoms with Crippen molar-refractivity contribution in [2.45, 2.75) is 77.5 Å². The van der Waals surface area contributed by atoms with Crippen LogP contribution in [0.3, 0.4) is 0 Å². The molecule has 1 aliphatic rings. The molecule has 0 amide bonds. The molecule has 2 N–H and O–H groups in total. The Labute approximate surface area is 132 Å². The Balaban J connectivity index is 2.00. The van der Waals surface area contributed by atoms with Crippen LogP contribution in [-0.2, 0) is 13.0 Å². The van der Waals surface area contributed by atoms with E-state index in [2.05, 4.69) is 24.3 Å². The minimum Gasteiger partial charge on any atom is -0.389 e. The van der Waals surface area contributed by atoms with Crippen LogP contribution in [0.5, 0.6) is 0 Å². The van der Waals surface area contributed by atoms with Crippen LogP contribution in [0.2, 0.25) is 5.02 Å². The fourth-order valence-corrected chi connectivity index (χ4v) is 3.44. The molecule has 1 saturated carbocycles. The average molecular weight is 314 g/mol. The standard InChI is InChI=1S/C16H28ClN3O/c1-4-10-18-13-6-8-16(21,9-7-13)11-14-15(17)12(3)19-20(14)5-2/h13,18,21H,4-11H2,1-3H3. The van der Waals surface area contributed by atoms with E-state index in [9.17, 15) is 5.11 Å². The van der Waals surface area contributed by atoms with Gasteiger partial charge in [0.1, 0.15) is 0 Å². The van der Waals surface area contributed by atoms with E-state index in [0.29, 0.717) is 12.5 Å². The van der Waals surface area contributed by atoms with Crippen molar-refractivity contribution in [2.24, 2.45) is 0 Å². The van der Waals surface area contributed by atoms with E-state index < -0.39 is 5.60 Å². The first kappa shape index (κ1) is 16.8. The molecule has 120 valence electrons. The molecular weight excluding hydrogens is 286 g/mol. The van der Waals surface area contributed by atoms with Crippen molar-refractivity contribution >= 4 is 11.6 Å². The summed E-state index contributed by atoms with van der Waals surface area (Å²) in [6.45, 7) is 8.02. The van der Waals surface area contributed by atoms with Gasteiger partial charge in [-0.25, -0.2) is 0 Å². The number of hydrogen-bond donors (Lipinski definition) is 2. The number of halogens is 1. The lowest BCUT2D eigenvalue weighted by molar-refractivity contribution is -0.00465. The van der Waals surface area contributed by atoms with Gasteiger partial charge in [-0.15, -0.1) is 0 Å². The van der Waals surface area contributed by atoms with E-state index >= 15 is 0 Å². The first-order chi connectivity index (χ1) is 9.99. The summed E-state index contributed by atoms with van der Waals surface area (Å²) in [6.07, 6.45) is 5.50. The number of aliphatic hydroxyl groups is 1. The largest absolute Gasteiger partial charge is 0.389 e. The first-order valence-electron chi connectivity index (χ1n) is 8.16. The highest BCUT2D eigenvalue weighted by Crippen LogP contribution is 2.34. The van der Waals surface area contributed by atoms with Gasteiger partial charge >= 0.3 is 0 Å². The second kappa shape index (κ2) is 7.12. The first-order valence-corrected chi connectivity index (χ1v) is 8.54. The Morgan fingerprint density at radius 1 is 1.38 bits per heavy atom. The Kier molecular flexibility index (Phi) is 5.69. The van der Waals surface area contributed by atoms with Crippen LogP contribution >= 0.6 is 11.6 Å². The highest BCUT2D eigenvalue weighted by Gasteiger charge is 2.35. The van der Waals surface area contributed by atoms with Gasteiger partial charge in [0, 0.05) is 19.0 Å². The Bertz CT molecular complexity index is 464. The fourth-order valence-electron chi connectivity index (χ4n) is 3.23. The molecule has 1 aromatic heterocycles. The molecule has 21 heavy (non-hydrogen) atoms. The lowest BCUT2D eigenvalue weighted by atomic mass is 9.79. The highest BCUT2D eigenvalue weighted by atomic mass is 35.5. The van der Waals surface area contributed by atoms with E-state index in [4.69, 9.17) is 11.6 Å². The number of hydrogen-bond acceptors (Lipinski definition) is 3. The Morgan fingerprint density at radius 3 is 2.62 bits per heavy atom. The normalized spacial score (nSPS) is 26.2. The SMILES string of the molecule is CCCNC1CCC(O)(Cc2c(Cl)c(C)nn2CC)CC1. The van der Waals surface area contributed by atoms with Crippen LogP contribution in [-0.4, -0.2) is 33.1 Å². The summed E-state index contributed by atoms with van der Waals surface area (Å²) in [7, 11) is 0. The van der Waals surface area contributed by atoms with E-state index in [-0.39, 0.29) is 0 Å². The molecule has 1 aliphatic carbocycles. The molecule has 0 atom stereocenters. The summed E-state index contributed by atoms with van der Waals surface area (Å²) in [5.41, 5.74) is 1.21. The van der Waals surface area contributed by atoms with Gasteiger partial charge in [-0.05, 0) is 52.5 Å². The van der Waals surface area contributed by atoms with Crippen molar-refractivity contribution in [3.8, 4) is 0 Å². The van der Waals surface area contributed by atoms with Gasteiger partial charge in [0.2, 0.25) is 0 Å². The molecule has 1 fully saturated rings. The summed E-state index contributed by atoms with van der Waals surface area (Å²) >= 11 is 6.36. The summed E-state index contributed by atoms with van der Waals surface area (Å²) in [4.78, 5) is 0. The molecule has 1 aromatic rings. The van der Waals surface area contributed by atoms with Crippen molar-refractivity contribution in [1.29, 1.82) is 0 Å². The van der Waals surface area contributed by atoms with Gasteiger partial charge in [-0.3, -0.25) is 4.68 Å². The maximum Gasteiger partial charge on any atom is 0.0848 e. The molecule has 0 aliphatic heterocycles. The van der Waals surface area contributed by atoms with Crippen molar-refractivity contribution in [3.63, 3.8) is 0 Å². The third-order valence-electron chi connectivity index (χ3n) is 4.55. The smallest absolute Gasteiger partial charge is 0.0848 e. The van der Waals surface area contributed by atoms with Crippen molar-refractivity contribution in [3.05, 3.63) is 16.4 Å². The van der Waals surface area contributed by atoms with Crippen LogP contribution in [0.25, 0.3) is 0 Å². The molecule has 0 spiro atoms. The van der Waals surface area contributed by atoms with Crippen molar-refractivity contribution in [1.82, 2.24) is 15.1 Å². The van der Waals surface area contributed by atoms with Crippen molar-refractivity contribution < 1.29 is 5.11 Å². The lowest BCUT2D eigenvalue weighted by Gasteiger charge is -2.36. The summed E-state index contributed by atoms with van der Waals surface area (Å²) in [5.74, 6) is 0. The summed E-state index contributed by atoms with van der Waals surface area (Å²) in [5, 5.41) is 19.6. The molecule has 0 bridgehead atoms. The van der Waals surface area contributed by atoms with Crippen LogP contribution in [0.4, 0.5) is 0 Å². The number of aryl methyl sites for hydroxylation is 2. The van der Waals surface area contributed by atoms with Gasteiger partial charge in [-0.2, -0.15) is 5.10 Å². The number of rotatable bonds is 6. The van der Waals surface area contributed by atoms with Crippen LogP contribution < -0.4 is 5.32 Å². The van der Waals surface area contributed by atoms with E-state index in [1.165, 1.54) is 0 Å². The van der Waals surface area contributed by atoms with E-state index in [1.54, 1.807) is 0 Å². The Morgan fingerprint density at radius 2 is 2.05 bits per heavy atom.